The molecule has 1 aromatic rings. The summed E-state index contributed by atoms with van der Waals surface area (Å²) >= 11 is 0. The van der Waals surface area contributed by atoms with Crippen LogP contribution < -0.4 is 5.32 Å². The Morgan fingerprint density at radius 1 is 1.07 bits per heavy atom. The molecule has 2 N–H and O–H groups in total. The van der Waals surface area contributed by atoms with E-state index in [0.717, 1.165) is 31.5 Å². The van der Waals surface area contributed by atoms with Crippen LogP contribution in [-0.4, -0.2) is 51.0 Å². The Morgan fingerprint density at radius 3 is 2.46 bits per heavy atom. The van der Waals surface area contributed by atoms with Gasteiger partial charge in [-0.25, -0.2) is 4.98 Å². The molecular formula is C21H33N5O2. The maximum atomic E-state index is 12.9. The Kier molecular flexibility index (Phi) is 5.97. The van der Waals surface area contributed by atoms with Crippen molar-refractivity contribution in [2.45, 2.75) is 83.1 Å². The molecule has 2 heterocycles. The monoisotopic (exact) mass is 387 g/mol. The molecule has 3 fully saturated rings. The van der Waals surface area contributed by atoms with Gasteiger partial charge in [0.25, 0.3) is 0 Å². The van der Waals surface area contributed by atoms with Gasteiger partial charge in [0.15, 0.2) is 5.82 Å². The molecule has 4 rings (SSSR count). The first-order valence-electron chi connectivity index (χ1n) is 11.1. The van der Waals surface area contributed by atoms with Gasteiger partial charge in [0.2, 0.25) is 11.8 Å². The summed E-state index contributed by atoms with van der Waals surface area (Å²) in [5, 5.41) is 10.5. The Hall–Kier alpha value is -1.92. The largest absolute Gasteiger partial charge is 0.351 e. The Morgan fingerprint density at radius 2 is 1.79 bits per heavy atom. The third-order valence-corrected chi connectivity index (χ3v) is 6.86. The average Bonchev–Trinajstić information content (AvgIpc) is 3.43. The van der Waals surface area contributed by atoms with E-state index < -0.39 is 0 Å². The number of aromatic nitrogens is 3. The molecule has 7 heteroatoms. The van der Waals surface area contributed by atoms with Crippen molar-refractivity contribution in [3.63, 3.8) is 0 Å². The van der Waals surface area contributed by atoms with Crippen molar-refractivity contribution in [2.75, 3.05) is 13.1 Å². The molecule has 28 heavy (non-hydrogen) atoms. The van der Waals surface area contributed by atoms with Crippen LogP contribution in [0, 0.1) is 18.8 Å². The van der Waals surface area contributed by atoms with Gasteiger partial charge in [-0.3, -0.25) is 14.7 Å². The molecule has 7 nitrogen and oxygen atoms in total. The first-order valence-corrected chi connectivity index (χ1v) is 11.1. The number of amides is 2. The van der Waals surface area contributed by atoms with Gasteiger partial charge in [-0.2, -0.15) is 5.10 Å². The van der Waals surface area contributed by atoms with Crippen LogP contribution in [0.5, 0.6) is 0 Å². The van der Waals surface area contributed by atoms with Crippen molar-refractivity contribution in [1.29, 1.82) is 0 Å². The van der Waals surface area contributed by atoms with E-state index in [9.17, 15) is 9.59 Å². The topological polar surface area (TPSA) is 91.0 Å². The number of carbonyl (C=O) groups excluding carboxylic acids is 2. The second-order valence-electron chi connectivity index (χ2n) is 8.99. The Balaban J connectivity index is 1.43. The Labute approximate surface area is 167 Å². The van der Waals surface area contributed by atoms with E-state index in [0.29, 0.717) is 31.3 Å². The van der Waals surface area contributed by atoms with Crippen molar-refractivity contribution in [1.82, 2.24) is 25.4 Å². The number of H-pyrrole nitrogens is 1. The molecule has 0 radical (unpaired) electrons. The summed E-state index contributed by atoms with van der Waals surface area (Å²) in [4.78, 5) is 32.1. The number of aryl methyl sites for hydroxylation is 1. The second-order valence-corrected chi connectivity index (χ2v) is 8.99. The number of hydrogen-bond acceptors (Lipinski definition) is 4. The van der Waals surface area contributed by atoms with Crippen LogP contribution in [0.15, 0.2) is 0 Å². The molecule has 154 valence electrons. The van der Waals surface area contributed by atoms with Crippen LogP contribution in [0.1, 0.15) is 81.8 Å². The second kappa shape index (κ2) is 8.62. The highest BCUT2D eigenvalue weighted by atomic mass is 16.2. The van der Waals surface area contributed by atoms with Gasteiger partial charge in [0, 0.05) is 25.4 Å². The maximum absolute atomic E-state index is 12.9. The zero-order valence-corrected chi connectivity index (χ0v) is 17.0. The van der Waals surface area contributed by atoms with Crippen LogP contribution in [-0.2, 0) is 9.59 Å². The number of nitrogens with one attached hydrogen (secondary N) is 2. The van der Waals surface area contributed by atoms with Crippen molar-refractivity contribution < 1.29 is 9.59 Å². The minimum atomic E-state index is -0.0985. The van der Waals surface area contributed by atoms with Gasteiger partial charge in [0.05, 0.1) is 12.0 Å². The molecule has 3 aliphatic rings. The summed E-state index contributed by atoms with van der Waals surface area (Å²) < 4.78 is 0. The lowest BCUT2D eigenvalue weighted by molar-refractivity contribution is -0.132. The number of hydrogen-bond donors (Lipinski definition) is 2. The Bertz CT molecular complexity index is 691. The zero-order chi connectivity index (χ0) is 19.5. The molecule has 1 aromatic heterocycles. The van der Waals surface area contributed by atoms with Gasteiger partial charge < -0.3 is 10.2 Å². The summed E-state index contributed by atoms with van der Waals surface area (Å²) in [6.07, 6.45) is 11.0. The maximum Gasteiger partial charge on any atom is 0.223 e. The molecule has 0 unspecified atom stereocenters. The van der Waals surface area contributed by atoms with Gasteiger partial charge in [-0.1, -0.05) is 32.1 Å². The number of likely N-dealkylation sites (tertiary alicyclic amines) is 1. The zero-order valence-electron chi connectivity index (χ0n) is 17.0. The van der Waals surface area contributed by atoms with Crippen LogP contribution in [0.3, 0.4) is 0 Å². The summed E-state index contributed by atoms with van der Waals surface area (Å²) in [7, 11) is 0. The predicted molar refractivity (Wildman–Crippen MR) is 106 cm³/mol. The van der Waals surface area contributed by atoms with Crippen LogP contribution in [0.2, 0.25) is 0 Å². The smallest absolute Gasteiger partial charge is 0.223 e. The third-order valence-electron chi connectivity index (χ3n) is 6.86. The summed E-state index contributed by atoms with van der Waals surface area (Å²) in [5.74, 6) is 2.46. The highest BCUT2D eigenvalue weighted by Crippen LogP contribution is 2.31. The predicted octanol–water partition coefficient (Wildman–Crippen LogP) is 2.68. The van der Waals surface area contributed by atoms with E-state index in [2.05, 4.69) is 20.5 Å². The van der Waals surface area contributed by atoms with Crippen molar-refractivity contribution in [2.24, 2.45) is 11.8 Å². The summed E-state index contributed by atoms with van der Waals surface area (Å²) in [5.41, 5.74) is 0. The van der Waals surface area contributed by atoms with E-state index in [4.69, 9.17) is 0 Å². The molecule has 1 aliphatic heterocycles. The number of aromatic amines is 1. The first kappa shape index (κ1) is 19.4. The quantitative estimate of drug-likeness (QED) is 0.813. The van der Waals surface area contributed by atoms with Crippen LogP contribution >= 0.6 is 0 Å². The van der Waals surface area contributed by atoms with E-state index in [1.54, 1.807) is 0 Å². The van der Waals surface area contributed by atoms with E-state index in [-0.39, 0.29) is 29.7 Å². The third kappa shape index (κ3) is 4.39. The first-order chi connectivity index (χ1) is 13.6. The van der Waals surface area contributed by atoms with Gasteiger partial charge in [0.1, 0.15) is 5.82 Å². The van der Waals surface area contributed by atoms with Gasteiger partial charge in [-0.15, -0.1) is 0 Å². The van der Waals surface area contributed by atoms with Gasteiger partial charge >= 0.3 is 0 Å². The average molecular weight is 388 g/mol. The van der Waals surface area contributed by atoms with Crippen molar-refractivity contribution in [3.8, 4) is 0 Å². The SMILES string of the molecule is Cc1nc([C@@H]2CN(C(=O)CC3CCCCC3)C[C@H]2NC(=O)C2CCCC2)n[nH]1. The lowest BCUT2D eigenvalue weighted by atomic mass is 9.87. The normalized spacial score (nSPS) is 26.7. The molecule has 1 saturated heterocycles. The van der Waals surface area contributed by atoms with Gasteiger partial charge in [-0.05, 0) is 38.5 Å². The molecule has 2 amide bonds. The summed E-state index contributed by atoms with van der Waals surface area (Å²) in [6, 6.07) is -0.0985. The summed E-state index contributed by atoms with van der Waals surface area (Å²) in [6.45, 7) is 3.05. The fraction of sp³-hybridized carbons (Fsp3) is 0.810. The lowest BCUT2D eigenvalue weighted by Gasteiger charge is -2.24. The number of carbonyl (C=O) groups is 2. The number of nitrogens with zero attached hydrogens (tertiary/aromatic N) is 3. The van der Waals surface area contributed by atoms with E-state index >= 15 is 0 Å². The minimum Gasteiger partial charge on any atom is -0.351 e. The van der Waals surface area contributed by atoms with E-state index in [1.807, 2.05) is 11.8 Å². The van der Waals surface area contributed by atoms with Crippen molar-refractivity contribution >= 4 is 11.8 Å². The molecule has 2 atom stereocenters. The lowest BCUT2D eigenvalue weighted by Crippen LogP contribution is -2.43. The van der Waals surface area contributed by atoms with Crippen LogP contribution in [0.25, 0.3) is 0 Å². The molecule has 2 saturated carbocycles. The minimum absolute atomic E-state index is 0.0365. The highest BCUT2D eigenvalue weighted by Gasteiger charge is 2.40. The standard InChI is InChI=1S/C21H33N5O2/c1-14-22-20(25-24-14)17-12-26(19(27)11-15-7-3-2-4-8-15)13-18(17)23-21(28)16-9-5-6-10-16/h15-18H,2-13H2,1H3,(H,23,28)(H,22,24,25)/t17-,18-/m1/s1. The van der Waals surface area contributed by atoms with E-state index in [1.165, 1.54) is 32.1 Å². The molecule has 0 aromatic carbocycles. The molecule has 2 aliphatic carbocycles. The number of rotatable bonds is 5. The molecule has 0 spiro atoms. The fourth-order valence-electron chi connectivity index (χ4n) is 5.20. The molecular weight excluding hydrogens is 354 g/mol. The molecule has 0 bridgehead atoms. The van der Waals surface area contributed by atoms with Crippen LogP contribution in [0.4, 0.5) is 0 Å². The highest BCUT2D eigenvalue weighted by molar-refractivity contribution is 5.80. The fourth-order valence-corrected chi connectivity index (χ4v) is 5.20. The van der Waals surface area contributed by atoms with Crippen molar-refractivity contribution in [3.05, 3.63) is 11.6 Å².